The highest BCUT2D eigenvalue weighted by Crippen LogP contribution is 2.38. The van der Waals surface area contributed by atoms with Crippen molar-refractivity contribution >= 4 is 22.3 Å². The van der Waals surface area contributed by atoms with Gasteiger partial charge < -0.3 is 14.8 Å². The number of allylic oxidation sites excluding steroid dienone is 1. The van der Waals surface area contributed by atoms with Crippen molar-refractivity contribution in [3.05, 3.63) is 59.0 Å². The lowest BCUT2D eigenvalue weighted by Gasteiger charge is -2.29. The minimum atomic E-state index is -4.08. The lowest BCUT2D eigenvalue weighted by Crippen LogP contribution is -2.48. The highest BCUT2D eigenvalue weighted by atomic mass is 32.2. The number of amides is 1. The van der Waals surface area contributed by atoms with E-state index in [2.05, 4.69) is 21.9 Å². The number of nitrogens with zero attached hydrogens (tertiary/aromatic N) is 5. The van der Waals surface area contributed by atoms with Crippen molar-refractivity contribution in [1.82, 2.24) is 13.9 Å². The fourth-order valence-corrected chi connectivity index (χ4v) is 5.41. The maximum Gasteiger partial charge on any atom is 0.407 e. The van der Waals surface area contributed by atoms with Crippen molar-refractivity contribution in [3.63, 3.8) is 0 Å². The molecular weight excluding hydrogens is 500 g/mol. The Morgan fingerprint density at radius 1 is 1.38 bits per heavy atom. The van der Waals surface area contributed by atoms with E-state index in [0.29, 0.717) is 0 Å². The summed E-state index contributed by atoms with van der Waals surface area (Å²) in [6, 6.07) is 9.04. The van der Waals surface area contributed by atoms with Gasteiger partial charge in [-0.25, -0.2) is 4.79 Å². The Kier molecular flexibility index (Phi) is 10.1. The van der Waals surface area contributed by atoms with Gasteiger partial charge in [-0.1, -0.05) is 41.5 Å². The van der Waals surface area contributed by atoms with E-state index in [1.54, 1.807) is 58.0 Å². The smallest absolute Gasteiger partial charge is 0.407 e. The second-order valence-corrected chi connectivity index (χ2v) is 11.9. The maximum atomic E-state index is 13.4. The molecule has 1 amide bonds. The summed E-state index contributed by atoms with van der Waals surface area (Å²) in [6.07, 6.45) is 0.466. The molecule has 0 spiro atoms. The molecule has 0 aromatic heterocycles. The Bertz CT molecular complexity index is 1120. The second-order valence-electron chi connectivity index (χ2n) is 9.84. The van der Waals surface area contributed by atoms with Crippen LogP contribution in [0, 0.1) is 5.92 Å². The van der Waals surface area contributed by atoms with E-state index in [-0.39, 0.29) is 32.6 Å². The predicted octanol–water partition coefficient (Wildman–Crippen LogP) is 3.55. The van der Waals surface area contributed by atoms with Crippen LogP contribution in [0.3, 0.4) is 0 Å². The number of benzene rings is 1. The molecule has 0 aliphatic carbocycles. The summed E-state index contributed by atoms with van der Waals surface area (Å²) in [4.78, 5) is 28.2. The molecule has 1 aromatic carbocycles. The summed E-state index contributed by atoms with van der Waals surface area (Å²) < 4.78 is 39.7. The number of azide groups is 1. The van der Waals surface area contributed by atoms with E-state index in [1.165, 1.54) is 7.05 Å². The summed E-state index contributed by atoms with van der Waals surface area (Å²) in [6.45, 7) is 10.0. The fraction of sp³-hybridized carbons (Fsp3) is 0.583. The van der Waals surface area contributed by atoms with Gasteiger partial charge in [0, 0.05) is 38.1 Å². The second kappa shape index (κ2) is 12.4. The van der Waals surface area contributed by atoms with Gasteiger partial charge in [-0.15, -0.1) is 6.58 Å². The van der Waals surface area contributed by atoms with Gasteiger partial charge in [0.1, 0.15) is 11.7 Å². The van der Waals surface area contributed by atoms with Crippen LogP contribution < -0.4 is 5.32 Å². The fourth-order valence-electron chi connectivity index (χ4n) is 3.97. The molecule has 1 unspecified atom stereocenters. The third kappa shape index (κ3) is 7.68. The molecule has 3 atom stereocenters. The standard InChI is InChI=1S/C24H36N6O6S/c1-7-11-20-16-30(37(33,34)29(6)15-14-26-22(32)36-23(3,4)5)17-24(20,27-28-25)21(31)35-18(2)19-12-9-8-10-13-19/h7-10,12-13,18,20H,1,11,14-17H2,2-6H3,(H,26,32)/t18-,20+,24?/m1/s1. The quantitative estimate of drug-likeness (QED) is 0.150. The molecule has 12 nitrogen and oxygen atoms in total. The monoisotopic (exact) mass is 536 g/mol. The van der Waals surface area contributed by atoms with Crippen LogP contribution >= 0.6 is 0 Å². The number of hydrogen-bond acceptors (Lipinski definition) is 7. The van der Waals surface area contributed by atoms with Crippen molar-refractivity contribution in [2.24, 2.45) is 11.0 Å². The molecule has 1 aliphatic rings. The van der Waals surface area contributed by atoms with E-state index < -0.39 is 45.4 Å². The Morgan fingerprint density at radius 3 is 2.59 bits per heavy atom. The molecule has 204 valence electrons. The number of rotatable bonds is 11. The number of nitrogens with one attached hydrogen (secondary N) is 1. The summed E-state index contributed by atoms with van der Waals surface area (Å²) in [5.74, 6) is -1.49. The van der Waals surface area contributed by atoms with E-state index in [0.717, 1.165) is 14.2 Å². The lowest BCUT2D eigenvalue weighted by atomic mass is 9.85. The average Bonchev–Trinajstić information content (AvgIpc) is 3.19. The maximum absolute atomic E-state index is 13.4. The SMILES string of the molecule is C=CC[C@H]1CN(S(=O)(=O)N(C)CCNC(=O)OC(C)(C)C)CC1(N=[N+]=[N-])C(=O)O[C@H](C)c1ccccc1. The van der Waals surface area contributed by atoms with Crippen LogP contribution in [-0.4, -0.2) is 73.5 Å². The molecule has 1 saturated heterocycles. The van der Waals surface area contributed by atoms with Gasteiger partial charge in [0.25, 0.3) is 10.2 Å². The first-order valence-electron chi connectivity index (χ1n) is 11.9. The van der Waals surface area contributed by atoms with Gasteiger partial charge in [-0.05, 0) is 51.1 Å². The van der Waals surface area contributed by atoms with Gasteiger partial charge in [0.05, 0.1) is 0 Å². The van der Waals surface area contributed by atoms with Crippen LogP contribution in [0.15, 0.2) is 48.1 Å². The van der Waals surface area contributed by atoms with E-state index >= 15 is 0 Å². The third-order valence-corrected chi connectivity index (χ3v) is 7.81. The van der Waals surface area contributed by atoms with Crippen LogP contribution in [0.4, 0.5) is 4.79 Å². The molecule has 0 bridgehead atoms. The summed E-state index contributed by atoms with van der Waals surface area (Å²) in [5.41, 5.74) is 7.61. The van der Waals surface area contributed by atoms with Crippen LogP contribution in [-0.2, 0) is 24.5 Å². The first-order chi connectivity index (χ1) is 17.3. The molecule has 1 N–H and O–H groups in total. The summed E-state index contributed by atoms with van der Waals surface area (Å²) in [7, 11) is -2.72. The van der Waals surface area contributed by atoms with Crippen LogP contribution in [0.5, 0.6) is 0 Å². The van der Waals surface area contributed by atoms with Gasteiger partial charge in [-0.3, -0.25) is 4.79 Å². The molecule has 1 aliphatic heterocycles. The van der Waals surface area contributed by atoms with Crippen molar-refractivity contribution in [1.29, 1.82) is 0 Å². The van der Waals surface area contributed by atoms with Gasteiger partial charge in [-0.2, -0.15) is 17.0 Å². The Morgan fingerprint density at radius 2 is 2.03 bits per heavy atom. The Hall–Kier alpha value is -3.12. The highest BCUT2D eigenvalue weighted by molar-refractivity contribution is 7.86. The topological polar surface area (TPSA) is 154 Å². The van der Waals surface area contributed by atoms with E-state index in [1.807, 2.05) is 6.07 Å². The predicted molar refractivity (Wildman–Crippen MR) is 138 cm³/mol. The average molecular weight is 537 g/mol. The van der Waals surface area contributed by atoms with Crippen LogP contribution in [0.25, 0.3) is 10.4 Å². The highest BCUT2D eigenvalue weighted by Gasteiger charge is 2.56. The van der Waals surface area contributed by atoms with Crippen molar-refractivity contribution in [2.45, 2.75) is 51.4 Å². The Balaban J connectivity index is 2.20. The van der Waals surface area contributed by atoms with E-state index in [4.69, 9.17) is 9.47 Å². The number of likely N-dealkylation sites (N-methyl/N-ethyl adjacent to an activating group) is 1. The van der Waals surface area contributed by atoms with Crippen molar-refractivity contribution in [2.75, 3.05) is 33.2 Å². The molecule has 37 heavy (non-hydrogen) atoms. The zero-order valence-corrected chi connectivity index (χ0v) is 22.8. The number of esters is 1. The van der Waals surface area contributed by atoms with Crippen molar-refractivity contribution in [3.8, 4) is 0 Å². The van der Waals surface area contributed by atoms with Crippen LogP contribution in [0.2, 0.25) is 0 Å². The minimum absolute atomic E-state index is 0.00664. The molecular formula is C24H36N6O6S. The number of carbonyl (C=O) groups excluding carboxylic acids is 2. The summed E-state index contributed by atoms with van der Waals surface area (Å²) >= 11 is 0. The minimum Gasteiger partial charge on any atom is -0.457 e. The van der Waals surface area contributed by atoms with Crippen molar-refractivity contribution < 1.29 is 27.5 Å². The molecule has 1 aromatic rings. The number of carbonyl (C=O) groups is 2. The van der Waals surface area contributed by atoms with Gasteiger partial charge >= 0.3 is 12.1 Å². The lowest BCUT2D eigenvalue weighted by molar-refractivity contribution is -0.156. The first-order valence-corrected chi connectivity index (χ1v) is 13.3. The number of alkyl carbamates (subject to hydrolysis) is 1. The zero-order valence-electron chi connectivity index (χ0n) is 22.0. The van der Waals surface area contributed by atoms with Gasteiger partial charge in [0.15, 0.2) is 5.54 Å². The number of hydrogen-bond donors (Lipinski definition) is 1. The molecule has 1 heterocycles. The first kappa shape index (κ1) is 30.1. The van der Waals surface area contributed by atoms with Gasteiger partial charge in [0.2, 0.25) is 0 Å². The largest absolute Gasteiger partial charge is 0.457 e. The molecule has 2 rings (SSSR count). The molecule has 0 saturated carbocycles. The van der Waals surface area contributed by atoms with Crippen LogP contribution in [0.1, 0.15) is 45.8 Å². The number of ether oxygens (including phenoxy) is 2. The zero-order chi connectivity index (χ0) is 27.9. The molecule has 1 fully saturated rings. The summed E-state index contributed by atoms with van der Waals surface area (Å²) in [5, 5.41) is 6.32. The normalized spacial score (nSPS) is 21.1. The molecule has 0 radical (unpaired) electrons. The van der Waals surface area contributed by atoms with E-state index in [9.17, 15) is 23.5 Å². The molecule has 13 heteroatoms. The third-order valence-electron chi connectivity index (χ3n) is 5.91. The Labute approximate surface area is 218 Å².